The van der Waals surface area contributed by atoms with Crippen LogP contribution in [-0.4, -0.2) is 22.7 Å². The Morgan fingerprint density at radius 1 is 1.44 bits per heavy atom. The first-order valence-electron chi connectivity index (χ1n) is 6.06. The van der Waals surface area contributed by atoms with Gasteiger partial charge in [-0.15, -0.1) is 11.3 Å². The van der Waals surface area contributed by atoms with Crippen LogP contribution >= 0.6 is 11.3 Å². The van der Waals surface area contributed by atoms with Crippen LogP contribution in [0.15, 0.2) is 0 Å². The maximum absolute atomic E-state index is 9.18. The van der Waals surface area contributed by atoms with Gasteiger partial charge in [-0.25, -0.2) is 4.98 Å². The zero-order valence-electron chi connectivity index (χ0n) is 9.99. The number of fused-ring (bicyclic) bond motifs is 1. The fourth-order valence-electron chi connectivity index (χ4n) is 1.99. The molecule has 2 unspecified atom stereocenters. The Hall–Kier alpha value is -0.450. The summed E-state index contributed by atoms with van der Waals surface area (Å²) in [4.78, 5) is 6.17. The number of aromatic nitrogens is 1. The number of aliphatic hydroxyl groups is 1. The summed E-state index contributed by atoms with van der Waals surface area (Å²) in [7, 11) is 0. The minimum atomic E-state index is -0.221. The van der Waals surface area contributed by atoms with Crippen LogP contribution < -0.4 is 5.32 Å². The highest BCUT2D eigenvalue weighted by molar-refractivity contribution is 7.11. The molecule has 3 nitrogen and oxygen atoms in total. The molecule has 1 aliphatic rings. The topological polar surface area (TPSA) is 45.1 Å². The summed E-state index contributed by atoms with van der Waals surface area (Å²) in [6.07, 6.45) is 4.23. The van der Waals surface area contributed by atoms with Crippen LogP contribution in [-0.2, 0) is 12.8 Å². The second kappa shape index (κ2) is 5.25. The Balaban J connectivity index is 1.86. The van der Waals surface area contributed by atoms with E-state index in [4.69, 9.17) is 0 Å². The molecule has 4 heteroatoms. The van der Waals surface area contributed by atoms with Crippen molar-refractivity contribution in [3.63, 3.8) is 0 Å². The quantitative estimate of drug-likeness (QED) is 0.828. The van der Waals surface area contributed by atoms with Crippen molar-refractivity contribution in [3.05, 3.63) is 15.6 Å². The lowest BCUT2D eigenvalue weighted by molar-refractivity contribution is 0.182. The molecule has 1 aromatic heterocycles. The zero-order chi connectivity index (χ0) is 11.5. The van der Waals surface area contributed by atoms with Crippen molar-refractivity contribution in [1.29, 1.82) is 0 Å². The van der Waals surface area contributed by atoms with Crippen molar-refractivity contribution < 1.29 is 5.11 Å². The molecule has 0 saturated heterocycles. The zero-order valence-corrected chi connectivity index (χ0v) is 10.8. The van der Waals surface area contributed by atoms with Gasteiger partial charge in [-0.3, -0.25) is 0 Å². The van der Waals surface area contributed by atoms with E-state index in [1.807, 2.05) is 18.3 Å². The van der Waals surface area contributed by atoms with Gasteiger partial charge < -0.3 is 10.4 Å². The normalized spacial score (nSPS) is 18.4. The Kier molecular flexibility index (Phi) is 3.95. The fraction of sp³-hybridized carbons (Fsp3) is 0.750. The Bertz CT molecular complexity index is 327. The molecule has 0 bridgehead atoms. The minimum Gasteiger partial charge on any atom is -0.393 e. The molecule has 1 aliphatic carbocycles. The van der Waals surface area contributed by atoms with Crippen LogP contribution in [0.2, 0.25) is 0 Å². The van der Waals surface area contributed by atoms with Gasteiger partial charge in [0.15, 0.2) is 0 Å². The highest BCUT2D eigenvalue weighted by Gasteiger charge is 2.19. The van der Waals surface area contributed by atoms with E-state index in [0.717, 1.165) is 19.4 Å². The standard InChI is InChI=1S/C12H20N2OS/c1-8(15)6-7-13-9(2)12-14-10-4-3-5-11(10)16-12/h8-9,13,15H,3-7H2,1-2H3. The van der Waals surface area contributed by atoms with Crippen molar-refractivity contribution in [2.45, 2.75) is 51.7 Å². The van der Waals surface area contributed by atoms with Crippen LogP contribution in [0.25, 0.3) is 0 Å². The van der Waals surface area contributed by atoms with Gasteiger partial charge in [0.05, 0.1) is 17.8 Å². The van der Waals surface area contributed by atoms with Crippen molar-refractivity contribution in [2.75, 3.05) is 6.54 Å². The van der Waals surface area contributed by atoms with E-state index in [1.54, 1.807) is 0 Å². The minimum absolute atomic E-state index is 0.221. The average molecular weight is 240 g/mol. The molecular formula is C12H20N2OS. The van der Waals surface area contributed by atoms with E-state index in [-0.39, 0.29) is 6.10 Å². The molecule has 16 heavy (non-hydrogen) atoms. The third kappa shape index (κ3) is 2.81. The lowest BCUT2D eigenvalue weighted by atomic mass is 10.2. The van der Waals surface area contributed by atoms with E-state index in [0.29, 0.717) is 6.04 Å². The molecule has 0 radical (unpaired) electrons. The van der Waals surface area contributed by atoms with Crippen LogP contribution in [0, 0.1) is 0 Å². The summed E-state index contributed by atoms with van der Waals surface area (Å²) in [5.74, 6) is 0. The van der Waals surface area contributed by atoms with E-state index < -0.39 is 0 Å². The van der Waals surface area contributed by atoms with Gasteiger partial charge in [0, 0.05) is 4.88 Å². The number of rotatable bonds is 5. The second-order valence-electron chi connectivity index (χ2n) is 4.59. The fourth-order valence-corrected chi connectivity index (χ4v) is 3.17. The van der Waals surface area contributed by atoms with Gasteiger partial charge in [-0.1, -0.05) is 0 Å². The van der Waals surface area contributed by atoms with E-state index in [9.17, 15) is 5.11 Å². The van der Waals surface area contributed by atoms with Gasteiger partial charge in [0.2, 0.25) is 0 Å². The first-order valence-corrected chi connectivity index (χ1v) is 6.88. The molecule has 2 atom stereocenters. The molecule has 90 valence electrons. The molecule has 2 N–H and O–H groups in total. The molecule has 2 rings (SSSR count). The van der Waals surface area contributed by atoms with Gasteiger partial charge in [-0.05, 0) is 46.1 Å². The number of aryl methyl sites for hydroxylation is 2. The van der Waals surface area contributed by atoms with Gasteiger partial charge in [-0.2, -0.15) is 0 Å². The molecule has 1 aromatic rings. The lowest BCUT2D eigenvalue weighted by Crippen LogP contribution is -2.22. The number of nitrogens with zero attached hydrogens (tertiary/aromatic N) is 1. The van der Waals surface area contributed by atoms with Crippen LogP contribution in [0.3, 0.4) is 0 Å². The Morgan fingerprint density at radius 3 is 2.94 bits per heavy atom. The van der Waals surface area contributed by atoms with Gasteiger partial charge in [0.25, 0.3) is 0 Å². The van der Waals surface area contributed by atoms with Crippen molar-refractivity contribution >= 4 is 11.3 Å². The first kappa shape index (κ1) is 12.0. The maximum Gasteiger partial charge on any atom is 0.110 e. The molecular weight excluding hydrogens is 220 g/mol. The monoisotopic (exact) mass is 240 g/mol. The number of hydrogen-bond donors (Lipinski definition) is 2. The second-order valence-corrected chi connectivity index (χ2v) is 5.70. The van der Waals surface area contributed by atoms with Crippen LogP contribution in [0.4, 0.5) is 0 Å². The van der Waals surface area contributed by atoms with E-state index >= 15 is 0 Å². The molecule has 0 saturated carbocycles. The van der Waals surface area contributed by atoms with Crippen LogP contribution in [0.5, 0.6) is 0 Å². The first-order chi connectivity index (χ1) is 7.66. The highest BCUT2D eigenvalue weighted by Crippen LogP contribution is 2.30. The summed E-state index contributed by atoms with van der Waals surface area (Å²) in [6.45, 7) is 4.82. The summed E-state index contributed by atoms with van der Waals surface area (Å²) in [5.41, 5.74) is 1.32. The summed E-state index contributed by atoms with van der Waals surface area (Å²) >= 11 is 1.85. The third-order valence-electron chi connectivity index (χ3n) is 3.00. The lowest BCUT2D eigenvalue weighted by Gasteiger charge is -2.11. The SMILES string of the molecule is CC(O)CCNC(C)c1nc2c(s1)CCC2. The number of aliphatic hydroxyl groups excluding tert-OH is 1. The number of nitrogens with one attached hydrogen (secondary N) is 1. The summed E-state index contributed by atoms with van der Waals surface area (Å²) in [6, 6.07) is 0.314. The van der Waals surface area contributed by atoms with Crippen LogP contribution in [0.1, 0.15) is 48.3 Å². The molecule has 0 amide bonds. The largest absolute Gasteiger partial charge is 0.393 e. The van der Waals surface area contributed by atoms with E-state index in [1.165, 1.54) is 28.4 Å². The van der Waals surface area contributed by atoms with Gasteiger partial charge >= 0.3 is 0 Å². The van der Waals surface area contributed by atoms with Gasteiger partial charge in [0.1, 0.15) is 5.01 Å². The summed E-state index contributed by atoms with van der Waals surface area (Å²) < 4.78 is 0. The highest BCUT2D eigenvalue weighted by atomic mass is 32.1. The number of hydrogen-bond acceptors (Lipinski definition) is 4. The maximum atomic E-state index is 9.18. The van der Waals surface area contributed by atoms with Crippen molar-refractivity contribution in [3.8, 4) is 0 Å². The third-order valence-corrected chi connectivity index (χ3v) is 4.34. The van der Waals surface area contributed by atoms with Crippen molar-refractivity contribution in [1.82, 2.24) is 10.3 Å². The summed E-state index contributed by atoms with van der Waals surface area (Å²) in [5, 5.41) is 13.8. The molecule has 1 heterocycles. The predicted molar refractivity (Wildman–Crippen MR) is 66.9 cm³/mol. The molecule has 0 spiro atoms. The molecule has 0 fully saturated rings. The molecule has 0 aromatic carbocycles. The number of thiazole rings is 1. The average Bonchev–Trinajstić information content (AvgIpc) is 2.75. The van der Waals surface area contributed by atoms with E-state index in [2.05, 4.69) is 17.2 Å². The van der Waals surface area contributed by atoms with Crippen molar-refractivity contribution in [2.24, 2.45) is 0 Å². The Labute approximate surface area is 101 Å². The predicted octanol–water partition coefficient (Wildman–Crippen LogP) is 2.05. The molecule has 0 aliphatic heterocycles. The smallest absolute Gasteiger partial charge is 0.110 e. The Morgan fingerprint density at radius 2 is 2.25 bits per heavy atom.